The Morgan fingerprint density at radius 3 is 2.25 bits per heavy atom. The molecule has 2 aliphatic carbocycles. The Labute approximate surface area is 164 Å². The fourth-order valence-corrected chi connectivity index (χ4v) is 4.41. The van der Waals surface area contributed by atoms with Crippen molar-refractivity contribution in [1.29, 1.82) is 0 Å². The second-order valence-electron chi connectivity index (χ2n) is 8.03. The van der Waals surface area contributed by atoms with Gasteiger partial charge in [-0.05, 0) is 31.6 Å². The number of imide groups is 3. The van der Waals surface area contributed by atoms with Gasteiger partial charge in [-0.15, -0.1) is 0 Å². The zero-order valence-electron chi connectivity index (χ0n) is 16.2. The number of rotatable bonds is 4. The first kappa shape index (κ1) is 20.3. The highest BCUT2D eigenvalue weighted by atomic mass is 16.2. The van der Waals surface area contributed by atoms with Crippen molar-refractivity contribution >= 4 is 29.8 Å². The molecule has 154 valence electrons. The second kappa shape index (κ2) is 8.70. The summed E-state index contributed by atoms with van der Waals surface area (Å²) in [6.45, 7) is 1.32. The van der Waals surface area contributed by atoms with Crippen molar-refractivity contribution in [3.63, 3.8) is 0 Å². The molecule has 2 atom stereocenters. The van der Waals surface area contributed by atoms with Crippen LogP contribution in [0.4, 0.5) is 9.59 Å². The van der Waals surface area contributed by atoms with E-state index in [1.165, 1.54) is 0 Å². The molecule has 9 nitrogen and oxygen atoms in total. The number of hydrogen-bond acceptors (Lipinski definition) is 5. The molecule has 3 fully saturated rings. The van der Waals surface area contributed by atoms with Crippen molar-refractivity contribution < 1.29 is 24.0 Å². The molecule has 1 saturated heterocycles. The standard InChI is InChI=1S/C19H28N4O5/c1-12-7-5-6-10-14(12)23-17(26)16(25)22(19(23)28)11-15(24)21-18(27)20-13-8-3-2-4-9-13/h12-14H,2-11H2,1H3,(H2,20,21,24,27)/t12-,14-/m1/s1. The van der Waals surface area contributed by atoms with Crippen LogP contribution in [0.5, 0.6) is 0 Å². The third-order valence-electron chi connectivity index (χ3n) is 5.98. The van der Waals surface area contributed by atoms with Crippen LogP contribution in [0, 0.1) is 5.92 Å². The van der Waals surface area contributed by atoms with Gasteiger partial charge in [0.1, 0.15) is 6.54 Å². The number of urea groups is 2. The number of nitrogens with one attached hydrogen (secondary N) is 2. The summed E-state index contributed by atoms with van der Waals surface area (Å²) in [7, 11) is 0. The molecule has 7 amide bonds. The lowest BCUT2D eigenvalue weighted by Gasteiger charge is -2.34. The van der Waals surface area contributed by atoms with E-state index in [0.717, 1.165) is 56.3 Å². The molecule has 2 N–H and O–H groups in total. The van der Waals surface area contributed by atoms with Gasteiger partial charge in [-0.3, -0.25) is 24.6 Å². The van der Waals surface area contributed by atoms with Gasteiger partial charge in [0.2, 0.25) is 5.91 Å². The van der Waals surface area contributed by atoms with Crippen LogP contribution in [-0.4, -0.2) is 58.2 Å². The number of nitrogens with zero attached hydrogens (tertiary/aromatic N) is 2. The van der Waals surface area contributed by atoms with Crippen LogP contribution in [-0.2, 0) is 14.4 Å². The predicted octanol–water partition coefficient (Wildman–Crippen LogP) is 1.51. The summed E-state index contributed by atoms with van der Waals surface area (Å²) in [5, 5.41) is 4.88. The molecular formula is C19H28N4O5. The molecule has 3 rings (SSSR count). The van der Waals surface area contributed by atoms with Crippen molar-refractivity contribution in [1.82, 2.24) is 20.4 Å². The third kappa shape index (κ3) is 4.34. The Balaban J connectivity index is 1.56. The van der Waals surface area contributed by atoms with Gasteiger partial charge in [0.25, 0.3) is 0 Å². The van der Waals surface area contributed by atoms with Crippen molar-refractivity contribution in [2.24, 2.45) is 5.92 Å². The number of carbonyl (C=O) groups is 5. The number of carbonyl (C=O) groups excluding carboxylic acids is 5. The van der Waals surface area contributed by atoms with Crippen LogP contribution in [0.25, 0.3) is 0 Å². The lowest BCUT2D eigenvalue weighted by atomic mass is 9.85. The van der Waals surface area contributed by atoms with E-state index in [-0.39, 0.29) is 18.0 Å². The summed E-state index contributed by atoms with van der Waals surface area (Å²) in [5.41, 5.74) is 0. The molecular weight excluding hydrogens is 364 g/mol. The molecule has 28 heavy (non-hydrogen) atoms. The Hall–Kier alpha value is -2.45. The highest BCUT2D eigenvalue weighted by molar-refractivity contribution is 6.45. The van der Waals surface area contributed by atoms with Gasteiger partial charge in [-0.2, -0.15) is 0 Å². The topological polar surface area (TPSA) is 116 Å². The molecule has 2 saturated carbocycles. The van der Waals surface area contributed by atoms with E-state index < -0.39 is 36.3 Å². The van der Waals surface area contributed by atoms with E-state index in [4.69, 9.17) is 0 Å². The van der Waals surface area contributed by atoms with E-state index in [2.05, 4.69) is 10.6 Å². The maximum atomic E-state index is 12.6. The van der Waals surface area contributed by atoms with E-state index in [1.54, 1.807) is 0 Å². The molecule has 0 radical (unpaired) electrons. The summed E-state index contributed by atoms with van der Waals surface area (Å²) >= 11 is 0. The molecule has 1 aliphatic heterocycles. The maximum Gasteiger partial charge on any atom is 0.334 e. The fourth-order valence-electron chi connectivity index (χ4n) is 4.41. The minimum Gasteiger partial charge on any atom is -0.335 e. The van der Waals surface area contributed by atoms with Crippen molar-refractivity contribution in [3.8, 4) is 0 Å². The van der Waals surface area contributed by atoms with Crippen LogP contribution in [0.1, 0.15) is 64.7 Å². The summed E-state index contributed by atoms with van der Waals surface area (Å²) in [6.07, 6.45) is 8.42. The largest absolute Gasteiger partial charge is 0.335 e. The lowest BCUT2D eigenvalue weighted by molar-refractivity contribution is -0.145. The van der Waals surface area contributed by atoms with Gasteiger partial charge in [-0.1, -0.05) is 39.0 Å². The highest BCUT2D eigenvalue weighted by Gasteiger charge is 2.49. The molecule has 0 unspecified atom stereocenters. The average Bonchev–Trinajstić information content (AvgIpc) is 2.86. The minimum atomic E-state index is -1.01. The van der Waals surface area contributed by atoms with Crippen LogP contribution in [0.15, 0.2) is 0 Å². The van der Waals surface area contributed by atoms with Crippen molar-refractivity contribution in [3.05, 3.63) is 0 Å². The van der Waals surface area contributed by atoms with E-state index in [1.807, 2.05) is 6.92 Å². The summed E-state index contributed by atoms with van der Waals surface area (Å²) in [6, 6.07) is -1.70. The van der Waals surface area contributed by atoms with Crippen molar-refractivity contribution in [2.75, 3.05) is 6.54 Å². The summed E-state index contributed by atoms with van der Waals surface area (Å²) < 4.78 is 0. The fraction of sp³-hybridized carbons (Fsp3) is 0.737. The lowest BCUT2D eigenvalue weighted by Crippen LogP contribution is -2.49. The molecule has 0 aromatic heterocycles. The zero-order valence-corrected chi connectivity index (χ0v) is 16.2. The first-order valence-corrected chi connectivity index (χ1v) is 10.2. The maximum absolute atomic E-state index is 12.6. The first-order chi connectivity index (χ1) is 13.4. The molecule has 9 heteroatoms. The molecule has 0 bridgehead atoms. The van der Waals surface area contributed by atoms with Crippen molar-refractivity contribution in [2.45, 2.75) is 76.8 Å². The number of amides is 7. The SMILES string of the molecule is C[C@@H]1CCCC[C@H]1N1C(=O)C(=O)N(CC(=O)NC(=O)NC2CCCCC2)C1=O. The third-order valence-corrected chi connectivity index (χ3v) is 5.98. The van der Waals surface area contributed by atoms with Gasteiger partial charge >= 0.3 is 23.9 Å². The summed E-state index contributed by atoms with van der Waals surface area (Å²) in [4.78, 5) is 63.0. The van der Waals surface area contributed by atoms with E-state index >= 15 is 0 Å². The van der Waals surface area contributed by atoms with Crippen LogP contribution >= 0.6 is 0 Å². The van der Waals surface area contributed by atoms with Gasteiger partial charge < -0.3 is 5.32 Å². The first-order valence-electron chi connectivity index (χ1n) is 10.2. The zero-order chi connectivity index (χ0) is 20.3. The Bertz CT molecular complexity index is 673. The van der Waals surface area contributed by atoms with Gasteiger partial charge in [0.15, 0.2) is 0 Å². The Morgan fingerprint density at radius 2 is 1.57 bits per heavy atom. The molecule has 3 aliphatic rings. The molecule has 0 aromatic rings. The highest BCUT2D eigenvalue weighted by Crippen LogP contribution is 2.31. The second-order valence-corrected chi connectivity index (χ2v) is 8.03. The molecule has 1 heterocycles. The smallest absolute Gasteiger partial charge is 0.334 e. The normalized spacial score (nSPS) is 26.5. The predicted molar refractivity (Wildman–Crippen MR) is 98.9 cm³/mol. The van der Waals surface area contributed by atoms with E-state index in [0.29, 0.717) is 11.3 Å². The Kier molecular flexibility index (Phi) is 6.31. The molecule has 0 aromatic carbocycles. The average molecular weight is 392 g/mol. The molecule has 0 spiro atoms. The summed E-state index contributed by atoms with van der Waals surface area (Å²) in [5.74, 6) is -2.57. The van der Waals surface area contributed by atoms with Gasteiger partial charge in [-0.25, -0.2) is 14.5 Å². The minimum absolute atomic E-state index is 0.0291. The van der Waals surface area contributed by atoms with Gasteiger partial charge in [0, 0.05) is 12.1 Å². The monoisotopic (exact) mass is 392 g/mol. The van der Waals surface area contributed by atoms with Gasteiger partial charge in [0.05, 0.1) is 0 Å². The van der Waals surface area contributed by atoms with E-state index in [9.17, 15) is 24.0 Å². The van der Waals surface area contributed by atoms with Crippen LogP contribution in [0.2, 0.25) is 0 Å². The Morgan fingerprint density at radius 1 is 0.929 bits per heavy atom. The quantitative estimate of drug-likeness (QED) is 0.556. The van der Waals surface area contributed by atoms with Crippen LogP contribution < -0.4 is 10.6 Å². The van der Waals surface area contributed by atoms with Crippen LogP contribution in [0.3, 0.4) is 0 Å². The number of hydrogen-bond donors (Lipinski definition) is 2.